The zero-order chi connectivity index (χ0) is 14.9. The first kappa shape index (κ1) is 15.2. The third kappa shape index (κ3) is 3.26. The summed E-state index contributed by atoms with van der Waals surface area (Å²) in [5, 5.41) is 29.3. The standard InChI is InChI=1S/C10H12N4O3S3/c1-5(15)7-4-6(14(16)17)8(18-7)19-10-12-11-9(20-10)13(2)3/h4-5,15H,1-3H3/t5-/m0/s1. The van der Waals surface area contributed by atoms with E-state index in [1.165, 1.54) is 40.5 Å². The molecule has 0 aliphatic rings. The van der Waals surface area contributed by atoms with Crippen LogP contribution in [0.2, 0.25) is 0 Å². The summed E-state index contributed by atoms with van der Waals surface area (Å²) in [5.74, 6) is 0. The van der Waals surface area contributed by atoms with Gasteiger partial charge in [0.05, 0.1) is 11.0 Å². The number of nitrogens with zero attached hydrogens (tertiary/aromatic N) is 4. The van der Waals surface area contributed by atoms with Crippen molar-refractivity contribution in [3.05, 3.63) is 21.1 Å². The van der Waals surface area contributed by atoms with E-state index < -0.39 is 11.0 Å². The van der Waals surface area contributed by atoms with E-state index in [0.717, 1.165) is 5.13 Å². The van der Waals surface area contributed by atoms with Gasteiger partial charge in [-0.2, -0.15) is 0 Å². The van der Waals surface area contributed by atoms with Gasteiger partial charge in [0, 0.05) is 25.0 Å². The van der Waals surface area contributed by atoms with Crippen molar-refractivity contribution in [2.24, 2.45) is 0 Å². The summed E-state index contributed by atoms with van der Waals surface area (Å²) in [6.45, 7) is 1.58. The summed E-state index contributed by atoms with van der Waals surface area (Å²) in [4.78, 5) is 13.0. The van der Waals surface area contributed by atoms with Crippen LogP contribution in [0.25, 0.3) is 0 Å². The Morgan fingerprint density at radius 1 is 1.45 bits per heavy atom. The van der Waals surface area contributed by atoms with Crippen LogP contribution in [0.1, 0.15) is 17.9 Å². The maximum atomic E-state index is 11.0. The van der Waals surface area contributed by atoms with Gasteiger partial charge in [0.2, 0.25) is 5.13 Å². The fourth-order valence-electron chi connectivity index (χ4n) is 1.29. The van der Waals surface area contributed by atoms with Crippen molar-refractivity contribution in [1.29, 1.82) is 0 Å². The Labute approximate surface area is 127 Å². The van der Waals surface area contributed by atoms with E-state index in [1.807, 2.05) is 19.0 Å². The highest BCUT2D eigenvalue weighted by Crippen LogP contribution is 2.44. The van der Waals surface area contributed by atoms with Crippen molar-refractivity contribution < 1.29 is 10.0 Å². The monoisotopic (exact) mass is 332 g/mol. The molecule has 0 aromatic carbocycles. The number of hydrogen-bond acceptors (Lipinski definition) is 9. The molecule has 10 heteroatoms. The smallest absolute Gasteiger partial charge is 0.294 e. The Kier molecular flexibility index (Phi) is 4.58. The molecule has 0 amide bonds. The third-order valence-electron chi connectivity index (χ3n) is 2.27. The summed E-state index contributed by atoms with van der Waals surface area (Å²) in [6.07, 6.45) is -0.722. The minimum absolute atomic E-state index is 0.00231. The lowest BCUT2D eigenvalue weighted by atomic mass is 10.3. The van der Waals surface area contributed by atoms with Crippen LogP contribution < -0.4 is 4.90 Å². The van der Waals surface area contributed by atoms with Gasteiger partial charge >= 0.3 is 0 Å². The maximum absolute atomic E-state index is 11.0. The molecular weight excluding hydrogens is 320 g/mol. The van der Waals surface area contributed by atoms with Gasteiger partial charge in [0.1, 0.15) is 4.21 Å². The fraction of sp³-hybridized carbons (Fsp3) is 0.400. The molecule has 0 saturated heterocycles. The zero-order valence-corrected chi connectivity index (χ0v) is 13.4. The molecule has 7 nitrogen and oxygen atoms in total. The molecule has 108 valence electrons. The van der Waals surface area contributed by atoms with E-state index in [-0.39, 0.29) is 5.69 Å². The topological polar surface area (TPSA) is 92.4 Å². The number of thiophene rings is 1. The molecular formula is C10H12N4O3S3. The minimum atomic E-state index is -0.722. The molecule has 0 spiro atoms. The van der Waals surface area contributed by atoms with E-state index in [2.05, 4.69) is 10.2 Å². The largest absolute Gasteiger partial charge is 0.388 e. The van der Waals surface area contributed by atoms with Crippen LogP contribution in [-0.4, -0.2) is 34.3 Å². The van der Waals surface area contributed by atoms with E-state index >= 15 is 0 Å². The van der Waals surface area contributed by atoms with E-state index in [0.29, 0.717) is 13.4 Å². The first-order valence-electron chi connectivity index (χ1n) is 5.53. The second-order valence-corrected chi connectivity index (χ2v) is 7.66. The molecule has 0 aliphatic carbocycles. The Morgan fingerprint density at radius 3 is 2.65 bits per heavy atom. The molecule has 0 radical (unpaired) electrons. The quantitative estimate of drug-likeness (QED) is 0.664. The van der Waals surface area contributed by atoms with Gasteiger partial charge in [0.15, 0.2) is 4.34 Å². The van der Waals surface area contributed by atoms with Crippen LogP contribution in [-0.2, 0) is 0 Å². The van der Waals surface area contributed by atoms with Crippen LogP contribution in [0.3, 0.4) is 0 Å². The number of nitro groups is 1. The summed E-state index contributed by atoms with van der Waals surface area (Å²) in [5.41, 5.74) is -0.00231. The van der Waals surface area contributed by atoms with Crippen LogP contribution in [0.15, 0.2) is 14.6 Å². The Morgan fingerprint density at radius 2 is 2.15 bits per heavy atom. The van der Waals surface area contributed by atoms with Gasteiger partial charge in [-0.25, -0.2) is 0 Å². The van der Waals surface area contributed by atoms with Crippen molar-refractivity contribution in [2.75, 3.05) is 19.0 Å². The highest BCUT2D eigenvalue weighted by Gasteiger charge is 2.23. The predicted molar refractivity (Wildman–Crippen MR) is 80.0 cm³/mol. The Bertz CT molecular complexity index is 623. The Balaban J connectivity index is 2.29. The third-order valence-corrected chi connectivity index (χ3v) is 5.89. The SMILES string of the molecule is C[C@H](O)c1cc([N+](=O)[O-])c(Sc2nnc(N(C)C)s2)s1. The summed E-state index contributed by atoms with van der Waals surface area (Å²) in [7, 11) is 3.71. The van der Waals surface area contributed by atoms with Gasteiger partial charge in [-0.1, -0.05) is 11.3 Å². The number of rotatable bonds is 5. The average Bonchev–Trinajstić information content (AvgIpc) is 2.96. The number of anilines is 1. The highest BCUT2D eigenvalue weighted by molar-refractivity contribution is 8.03. The van der Waals surface area contributed by atoms with Gasteiger partial charge in [-0.05, 0) is 18.7 Å². The molecule has 1 atom stereocenters. The van der Waals surface area contributed by atoms with Crippen LogP contribution in [0.4, 0.5) is 10.8 Å². The lowest BCUT2D eigenvalue weighted by Gasteiger charge is -2.03. The number of hydrogen-bond donors (Lipinski definition) is 1. The molecule has 0 bridgehead atoms. The first-order chi connectivity index (χ1) is 9.38. The van der Waals surface area contributed by atoms with E-state index in [1.54, 1.807) is 6.92 Å². The van der Waals surface area contributed by atoms with Gasteiger partial charge in [-0.15, -0.1) is 21.5 Å². The average molecular weight is 332 g/mol. The molecule has 2 rings (SSSR count). The molecule has 1 N–H and O–H groups in total. The van der Waals surface area contributed by atoms with Crippen LogP contribution in [0, 0.1) is 10.1 Å². The van der Waals surface area contributed by atoms with Crippen molar-refractivity contribution >= 4 is 45.3 Å². The second-order valence-electron chi connectivity index (χ2n) is 4.10. The lowest BCUT2D eigenvalue weighted by molar-refractivity contribution is -0.387. The van der Waals surface area contributed by atoms with Gasteiger partial charge < -0.3 is 10.0 Å². The molecule has 2 aromatic rings. The molecule has 2 heterocycles. The molecule has 20 heavy (non-hydrogen) atoms. The zero-order valence-electron chi connectivity index (χ0n) is 10.9. The normalized spacial score (nSPS) is 12.4. The summed E-state index contributed by atoms with van der Waals surface area (Å²) < 4.78 is 1.14. The van der Waals surface area contributed by atoms with E-state index in [4.69, 9.17) is 0 Å². The number of aliphatic hydroxyl groups is 1. The molecule has 2 aromatic heterocycles. The summed E-state index contributed by atoms with van der Waals surface area (Å²) >= 11 is 3.77. The molecule has 0 unspecified atom stereocenters. The van der Waals surface area contributed by atoms with Crippen molar-refractivity contribution in [3.8, 4) is 0 Å². The maximum Gasteiger partial charge on any atom is 0.294 e. The van der Waals surface area contributed by atoms with Crippen molar-refractivity contribution in [3.63, 3.8) is 0 Å². The highest BCUT2D eigenvalue weighted by atomic mass is 32.2. The minimum Gasteiger partial charge on any atom is -0.388 e. The number of aromatic nitrogens is 2. The summed E-state index contributed by atoms with van der Waals surface area (Å²) in [6, 6.07) is 1.41. The molecule has 0 fully saturated rings. The molecule has 0 aliphatic heterocycles. The van der Waals surface area contributed by atoms with Crippen molar-refractivity contribution in [2.45, 2.75) is 21.6 Å². The van der Waals surface area contributed by atoms with Crippen molar-refractivity contribution in [1.82, 2.24) is 10.2 Å². The molecule has 0 saturated carbocycles. The van der Waals surface area contributed by atoms with Gasteiger partial charge in [-0.3, -0.25) is 10.1 Å². The Hall–Kier alpha value is -1.23. The van der Waals surface area contributed by atoms with Gasteiger partial charge in [0.25, 0.3) is 5.69 Å². The predicted octanol–water partition coefficient (Wildman–Crippen LogP) is 2.78. The fourth-order valence-corrected chi connectivity index (χ4v) is 4.56. The number of aliphatic hydroxyl groups excluding tert-OH is 1. The van der Waals surface area contributed by atoms with Crippen LogP contribution in [0.5, 0.6) is 0 Å². The lowest BCUT2D eigenvalue weighted by Crippen LogP contribution is -2.07. The second kappa shape index (κ2) is 6.04. The van der Waals surface area contributed by atoms with Crippen LogP contribution >= 0.6 is 34.4 Å². The first-order valence-corrected chi connectivity index (χ1v) is 7.98. The van der Waals surface area contributed by atoms with E-state index in [9.17, 15) is 15.2 Å².